The second-order valence-corrected chi connectivity index (χ2v) is 7.08. The summed E-state index contributed by atoms with van der Waals surface area (Å²) in [5, 5.41) is 10.2. The van der Waals surface area contributed by atoms with Crippen LogP contribution >= 0.6 is 0 Å². The van der Waals surface area contributed by atoms with Gasteiger partial charge in [-0.2, -0.15) is 0 Å². The number of piperidine rings is 1. The maximum atomic E-state index is 13.2. The van der Waals surface area contributed by atoms with Crippen LogP contribution in [0, 0.1) is 5.82 Å². The third-order valence-corrected chi connectivity index (χ3v) is 5.35. The number of hydrogen-bond donors (Lipinski definition) is 1. The van der Waals surface area contributed by atoms with Crippen molar-refractivity contribution in [3.63, 3.8) is 0 Å². The van der Waals surface area contributed by atoms with Gasteiger partial charge in [0.15, 0.2) is 6.10 Å². The number of nitrogens with zero attached hydrogens (tertiary/aromatic N) is 1. The number of hydrogen-bond acceptors (Lipinski definition) is 2. The van der Waals surface area contributed by atoms with Gasteiger partial charge in [-0.25, -0.2) is 9.18 Å². The zero-order valence-electron chi connectivity index (χ0n) is 14.6. The lowest BCUT2D eigenvalue weighted by Crippen LogP contribution is -2.64. The van der Waals surface area contributed by atoms with Gasteiger partial charge >= 0.3 is 5.91 Å². The molecule has 1 N–H and O–H groups in total. The van der Waals surface area contributed by atoms with Crippen molar-refractivity contribution in [1.82, 2.24) is 0 Å². The molecule has 3 nitrogen and oxygen atoms in total. The van der Waals surface area contributed by atoms with Crippen LogP contribution in [-0.2, 0) is 17.8 Å². The molecule has 0 bridgehead atoms. The second-order valence-electron chi connectivity index (χ2n) is 7.08. The van der Waals surface area contributed by atoms with Crippen molar-refractivity contribution in [2.45, 2.75) is 44.9 Å². The van der Waals surface area contributed by atoms with E-state index in [1.165, 1.54) is 17.7 Å². The quantitative estimate of drug-likeness (QED) is 0.845. The van der Waals surface area contributed by atoms with Crippen LogP contribution in [0.15, 0.2) is 54.6 Å². The molecule has 0 aliphatic carbocycles. The SMILES string of the molecule is CC(Cc1ccccc1)[N+]1(Cc2ccc(F)cc2)CCCC(O)C1=O. The maximum Gasteiger partial charge on any atom is 0.342 e. The van der Waals surface area contributed by atoms with E-state index in [9.17, 15) is 14.3 Å². The van der Waals surface area contributed by atoms with Crippen LogP contribution in [0.3, 0.4) is 0 Å². The highest BCUT2D eigenvalue weighted by Crippen LogP contribution is 2.30. The molecule has 0 spiro atoms. The van der Waals surface area contributed by atoms with Crippen LogP contribution in [0.5, 0.6) is 0 Å². The average molecular weight is 342 g/mol. The minimum absolute atomic E-state index is 0.0369. The van der Waals surface area contributed by atoms with Gasteiger partial charge in [0, 0.05) is 18.4 Å². The molecule has 3 atom stereocenters. The Bertz CT molecular complexity index is 716. The smallest absolute Gasteiger partial charge is 0.342 e. The molecule has 132 valence electrons. The van der Waals surface area contributed by atoms with E-state index < -0.39 is 6.10 Å². The van der Waals surface area contributed by atoms with Gasteiger partial charge in [-0.15, -0.1) is 0 Å². The van der Waals surface area contributed by atoms with Gasteiger partial charge < -0.3 is 5.11 Å². The van der Waals surface area contributed by atoms with Crippen molar-refractivity contribution in [3.8, 4) is 0 Å². The average Bonchev–Trinajstić information content (AvgIpc) is 2.62. The summed E-state index contributed by atoms with van der Waals surface area (Å²) in [5.41, 5.74) is 2.10. The number of rotatable bonds is 5. The normalized spacial score (nSPS) is 24.9. The molecule has 0 radical (unpaired) electrons. The Labute approximate surface area is 148 Å². The Morgan fingerprint density at radius 3 is 2.48 bits per heavy atom. The van der Waals surface area contributed by atoms with Crippen molar-refractivity contribution < 1.29 is 18.8 Å². The van der Waals surface area contributed by atoms with E-state index >= 15 is 0 Å². The summed E-state index contributed by atoms with van der Waals surface area (Å²) in [6.45, 7) is 3.28. The number of halogens is 1. The Morgan fingerprint density at radius 1 is 1.12 bits per heavy atom. The van der Waals surface area contributed by atoms with E-state index in [2.05, 4.69) is 19.1 Å². The fourth-order valence-corrected chi connectivity index (χ4v) is 3.89. The third-order valence-electron chi connectivity index (χ3n) is 5.35. The number of likely N-dealkylation sites (tertiary alicyclic amines) is 1. The first-order valence-electron chi connectivity index (χ1n) is 8.89. The Balaban J connectivity index is 1.91. The second kappa shape index (κ2) is 7.46. The molecule has 2 aromatic carbocycles. The molecule has 1 amide bonds. The monoisotopic (exact) mass is 342 g/mol. The van der Waals surface area contributed by atoms with Crippen molar-refractivity contribution in [2.75, 3.05) is 6.54 Å². The van der Waals surface area contributed by atoms with Gasteiger partial charge in [-0.3, -0.25) is 4.48 Å². The summed E-state index contributed by atoms with van der Waals surface area (Å²) >= 11 is 0. The number of carbonyl (C=O) groups excluding carboxylic acids is 1. The van der Waals surface area contributed by atoms with Gasteiger partial charge in [-0.1, -0.05) is 42.5 Å². The summed E-state index contributed by atoms with van der Waals surface area (Å²) in [6, 6.07) is 16.5. The number of benzene rings is 2. The van der Waals surface area contributed by atoms with Crippen molar-refractivity contribution >= 4 is 5.91 Å². The lowest BCUT2D eigenvalue weighted by molar-refractivity contribution is -0.895. The van der Waals surface area contributed by atoms with Crippen molar-refractivity contribution in [3.05, 3.63) is 71.5 Å². The molecule has 1 fully saturated rings. The number of quaternary nitrogens is 1. The van der Waals surface area contributed by atoms with E-state index in [4.69, 9.17) is 0 Å². The summed E-state index contributed by atoms with van der Waals surface area (Å²) in [5.74, 6) is -0.392. The molecule has 1 heterocycles. The summed E-state index contributed by atoms with van der Waals surface area (Å²) in [4.78, 5) is 13.0. The van der Waals surface area contributed by atoms with Crippen molar-refractivity contribution in [1.29, 1.82) is 0 Å². The third kappa shape index (κ3) is 3.80. The Kier molecular flexibility index (Phi) is 5.30. The molecule has 1 aliphatic rings. The molecule has 25 heavy (non-hydrogen) atoms. The number of aliphatic hydroxyl groups excluding tert-OH is 1. The Hall–Kier alpha value is -2.04. The van der Waals surface area contributed by atoms with Gasteiger partial charge in [0.25, 0.3) is 0 Å². The molecule has 0 saturated carbocycles. The minimum Gasteiger partial charge on any atom is -0.379 e. The van der Waals surface area contributed by atoms with Crippen LogP contribution in [-0.4, -0.2) is 34.2 Å². The fourth-order valence-electron chi connectivity index (χ4n) is 3.89. The molecule has 1 saturated heterocycles. The van der Waals surface area contributed by atoms with Crippen LogP contribution < -0.4 is 0 Å². The lowest BCUT2D eigenvalue weighted by Gasteiger charge is -2.45. The van der Waals surface area contributed by atoms with E-state index in [0.717, 1.165) is 18.4 Å². The molecule has 0 aromatic heterocycles. The largest absolute Gasteiger partial charge is 0.379 e. The first-order valence-corrected chi connectivity index (χ1v) is 8.89. The highest BCUT2D eigenvalue weighted by atomic mass is 19.1. The van der Waals surface area contributed by atoms with Gasteiger partial charge in [0.2, 0.25) is 0 Å². The first kappa shape index (κ1) is 17.8. The Morgan fingerprint density at radius 2 is 1.80 bits per heavy atom. The molecular formula is C21H25FNO2+. The van der Waals surface area contributed by atoms with Crippen LogP contribution in [0.25, 0.3) is 0 Å². The predicted molar refractivity (Wildman–Crippen MR) is 95.1 cm³/mol. The highest BCUT2D eigenvalue weighted by molar-refractivity contribution is 5.74. The number of amides is 1. The summed E-state index contributed by atoms with van der Waals surface area (Å²) < 4.78 is 13.5. The minimum atomic E-state index is -0.910. The van der Waals surface area contributed by atoms with E-state index in [1.807, 2.05) is 18.2 Å². The standard InChI is InChI=1S/C21H25FNO2/c1-16(14-17-6-3-2-4-7-17)23(13-5-8-20(24)21(23)25)15-18-9-11-19(22)12-10-18/h2-4,6-7,9-12,16,20,24H,5,8,13-15H2,1H3/q+1. The van der Waals surface area contributed by atoms with E-state index in [-0.39, 0.29) is 22.2 Å². The highest BCUT2D eigenvalue weighted by Gasteiger charge is 2.47. The van der Waals surface area contributed by atoms with E-state index in [0.29, 0.717) is 19.5 Å². The fraction of sp³-hybridized carbons (Fsp3) is 0.381. The maximum absolute atomic E-state index is 13.2. The summed E-state index contributed by atoms with van der Waals surface area (Å²) in [7, 11) is 0. The molecule has 3 rings (SSSR count). The molecular weight excluding hydrogens is 317 g/mol. The van der Waals surface area contributed by atoms with E-state index in [1.54, 1.807) is 12.1 Å². The first-order chi connectivity index (χ1) is 12.0. The topological polar surface area (TPSA) is 37.3 Å². The molecule has 3 unspecified atom stereocenters. The van der Waals surface area contributed by atoms with Crippen molar-refractivity contribution in [2.24, 2.45) is 0 Å². The summed E-state index contributed by atoms with van der Waals surface area (Å²) in [6.07, 6.45) is 1.20. The van der Waals surface area contributed by atoms with Crippen LogP contribution in [0.4, 0.5) is 4.39 Å². The zero-order chi connectivity index (χ0) is 17.9. The molecule has 2 aromatic rings. The lowest BCUT2D eigenvalue weighted by atomic mass is 9.95. The number of aliphatic hydroxyl groups is 1. The van der Waals surface area contributed by atoms with Crippen LogP contribution in [0.1, 0.15) is 30.9 Å². The van der Waals surface area contributed by atoms with Gasteiger partial charge in [0.05, 0.1) is 12.6 Å². The molecule has 4 heteroatoms. The van der Waals surface area contributed by atoms with Crippen LogP contribution in [0.2, 0.25) is 0 Å². The predicted octanol–water partition coefficient (Wildman–Crippen LogP) is 3.46. The van der Waals surface area contributed by atoms with Gasteiger partial charge in [0.1, 0.15) is 12.4 Å². The number of carbonyl (C=O) groups is 1. The molecule has 1 aliphatic heterocycles. The van der Waals surface area contributed by atoms with Gasteiger partial charge in [-0.05, 0) is 31.0 Å². The zero-order valence-corrected chi connectivity index (χ0v) is 14.6.